The number of benzene rings is 1. The molecule has 1 unspecified atom stereocenters. The van der Waals surface area contributed by atoms with Crippen LogP contribution >= 0.6 is 0 Å². The Labute approximate surface area is 122 Å². The van der Waals surface area contributed by atoms with Gasteiger partial charge < -0.3 is 14.8 Å². The summed E-state index contributed by atoms with van der Waals surface area (Å²) in [4.78, 5) is 11.8. The van der Waals surface area contributed by atoms with Gasteiger partial charge >= 0.3 is 0 Å². The number of amides is 1. The fourth-order valence-electron chi connectivity index (χ4n) is 2.35. The normalized spacial score (nSPS) is 22.6. The predicted molar refractivity (Wildman–Crippen MR) is 76.8 cm³/mol. The van der Waals surface area contributed by atoms with Crippen molar-refractivity contribution in [3.63, 3.8) is 0 Å². The lowest BCUT2D eigenvalue weighted by Crippen LogP contribution is -2.34. The molecule has 6 nitrogen and oxygen atoms in total. The highest BCUT2D eigenvalue weighted by atomic mass is 32.2. The van der Waals surface area contributed by atoms with Gasteiger partial charge in [0.2, 0.25) is 12.7 Å². The number of carbonyl (C=O) groups is 1. The van der Waals surface area contributed by atoms with E-state index in [9.17, 15) is 13.2 Å². The van der Waals surface area contributed by atoms with E-state index in [0.717, 1.165) is 5.56 Å². The van der Waals surface area contributed by atoms with E-state index in [1.54, 1.807) is 18.2 Å². The Kier molecular flexibility index (Phi) is 3.59. The Hall–Kier alpha value is -2.02. The fourth-order valence-corrected chi connectivity index (χ4v) is 4.02. The second-order valence-corrected chi connectivity index (χ2v) is 7.28. The maximum Gasteiger partial charge on any atom is 0.244 e. The van der Waals surface area contributed by atoms with E-state index in [4.69, 9.17) is 9.47 Å². The van der Waals surface area contributed by atoms with Gasteiger partial charge in [0.1, 0.15) is 0 Å². The number of sulfone groups is 1. The van der Waals surface area contributed by atoms with Gasteiger partial charge in [-0.05, 0) is 30.2 Å². The Morgan fingerprint density at radius 2 is 2.10 bits per heavy atom. The Morgan fingerprint density at radius 1 is 1.29 bits per heavy atom. The van der Waals surface area contributed by atoms with Crippen molar-refractivity contribution in [2.24, 2.45) is 0 Å². The van der Waals surface area contributed by atoms with Crippen LogP contribution in [-0.2, 0) is 14.6 Å². The molecule has 0 bridgehead atoms. The van der Waals surface area contributed by atoms with Crippen LogP contribution in [0.3, 0.4) is 0 Å². The van der Waals surface area contributed by atoms with E-state index < -0.39 is 9.84 Å². The summed E-state index contributed by atoms with van der Waals surface area (Å²) in [5.41, 5.74) is 0.813. The van der Waals surface area contributed by atoms with Crippen LogP contribution in [0, 0.1) is 0 Å². The molecule has 2 aliphatic heterocycles. The number of nitrogens with one attached hydrogen (secondary N) is 1. The molecule has 1 aromatic carbocycles. The Morgan fingerprint density at radius 3 is 2.86 bits per heavy atom. The van der Waals surface area contributed by atoms with Gasteiger partial charge in [0.25, 0.3) is 0 Å². The number of ether oxygens (including phenoxy) is 2. The molecular weight excluding hydrogens is 294 g/mol. The van der Waals surface area contributed by atoms with Crippen molar-refractivity contribution in [2.45, 2.75) is 12.5 Å². The van der Waals surface area contributed by atoms with E-state index in [0.29, 0.717) is 17.9 Å². The van der Waals surface area contributed by atoms with Crippen LogP contribution in [0.5, 0.6) is 11.5 Å². The molecule has 1 N–H and O–H groups in total. The van der Waals surface area contributed by atoms with Gasteiger partial charge in [-0.25, -0.2) is 8.42 Å². The lowest BCUT2D eigenvalue weighted by Gasteiger charge is -2.07. The molecule has 1 fully saturated rings. The summed E-state index contributed by atoms with van der Waals surface area (Å²) >= 11 is 0. The zero-order valence-corrected chi connectivity index (χ0v) is 12.1. The van der Waals surface area contributed by atoms with Crippen molar-refractivity contribution in [3.05, 3.63) is 29.8 Å². The van der Waals surface area contributed by atoms with Crippen LogP contribution in [0.1, 0.15) is 12.0 Å². The van der Waals surface area contributed by atoms with Gasteiger partial charge in [-0.2, -0.15) is 0 Å². The molecule has 0 aliphatic carbocycles. The maximum absolute atomic E-state index is 11.8. The highest BCUT2D eigenvalue weighted by Gasteiger charge is 2.28. The molecule has 1 atom stereocenters. The highest BCUT2D eigenvalue weighted by molar-refractivity contribution is 7.91. The zero-order valence-electron chi connectivity index (χ0n) is 11.2. The number of rotatable bonds is 3. The van der Waals surface area contributed by atoms with E-state index in [1.165, 1.54) is 6.08 Å². The van der Waals surface area contributed by atoms with Crippen LogP contribution in [0.2, 0.25) is 0 Å². The van der Waals surface area contributed by atoms with Gasteiger partial charge in [0.05, 0.1) is 11.5 Å². The molecule has 0 spiro atoms. The molecule has 1 amide bonds. The molecule has 3 rings (SSSR count). The summed E-state index contributed by atoms with van der Waals surface area (Å²) in [5, 5.41) is 2.70. The van der Waals surface area contributed by atoms with Crippen molar-refractivity contribution in [2.75, 3.05) is 18.3 Å². The third-order valence-electron chi connectivity index (χ3n) is 3.40. The minimum atomic E-state index is -2.98. The summed E-state index contributed by atoms with van der Waals surface area (Å²) in [5.74, 6) is 1.21. The summed E-state index contributed by atoms with van der Waals surface area (Å²) in [6.07, 6.45) is 3.52. The largest absolute Gasteiger partial charge is 0.454 e. The quantitative estimate of drug-likeness (QED) is 0.833. The zero-order chi connectivity index (χ0) is 14.9. The number of fused-ring (bicyclic) bond motifs is 1. The topological polar surface area (TPSA) is 81.7 Å². The third-order valence-corrected chi connectivity index (χ3v) is 5.17. The molecule has 7 heteroatoms. The first-order valence-corrected chi connectivity index (χ1v) is 8.43. The van der Waals surface area contributed by atoms with Gasteiger partial charge in [-0.3, -0.25) is 4.79 Å². The minimum absolute atomic E-state index is 0.0244. The van der Waals surface area contributed by atoms with Crippen LogP contribution in [0.4, 0.5) is 0 Å². The van der Waals surface area contributed by atoms with Gasteiger partial charge in [-0.15, -0.1) is 0 Å². The summed E-state index contributed by atoms with van der Waals surface area (Å²) in [6, 6.07) is 5.09. The van der Waals surface area contributed by atoms with Crippen LogP contribution in [0.25, 0.3) is 6.08 Å². The summed E-state index contributed by atoms with van der Waals surface area (Å²) in [6.45, 7) is 0.207. The second-order valence-electron chi connectivity index (χ2n) is 5.05. The van der Waals surface area contributed by atoms with E-state index >= 15 is 0 Å². The van der Waals surface area contributed by atoms with Crippen molar-refractivity contribution in [1.82, 2.24) is 5.32 Å². The second kappa shape index (κ2) is 5.40. The lowest BCUT2D eigenvalue weighted by molar-refractivity contribution is -0.116. The Bertz CT molecular complexity index is 695. The fraction of sp³-hybridized carbons (Fsp3) is 0.357. The van der Waals surface area contributed by atoms with E-state index in [2.05, 4.69) is 5.32 Å². The smallest absolute Gasteiger partial charge is 0.244 e. The molecule has 1 aromatic rings. The average Bonchev–Trinajstić information content (AvgIpc) is 3.02. The van der Waals surface area contributed by atoms with Crippen molar-refractivity contribution in [1.29, 1.82) is 0 Å². The minimum Gasteiger partial charge on any atom is -0.454 e. The molecular formula is C14H15NO5S. The molecule has 0 saturated carbocycles. The first-order chi connectivity index (χ1) is 10.0. The SMILES string of the molecule is O=C(C=Cc1ccc2c(c1)OCO2)NC1CCS(=O)(=O)C1. The molecule has 2 aliphatic rings. The predicted octanol–water partition coefficient (Wildman–Crippen LogP) is 0.732. The average molecular weight is 309 g/mol. The monoisotopic (exact) mass is 309 g/mol. The number of carbonyl (C=O) groups excluding carboxylic acids is 1. The van der Waals surface area contributed by atoms with E-state index in [1.807, 2.05) is 6.07 Å². The first kappa shape index (κ1) is 13.9. The van der Waals surface area contributed by atoms with Crippen LogP contribution in [0.15, 0.2) is 24.3 Å². The summed E-state index contributed by atoms with van der Waals surface area (Å²) < 4.78 is 33.1. The van der Waals surface area contributed by atoms with Crippen molar-refractivity contribution in [3.8, 4) is 11.5 Å². The number of hydrogen-bond donors (Lipinski definition) is 1. The van der Waals surface area contributed by atoms with Crippen LogP contribution in [-0.4, -0.2) is 38.7 Å². The van der Waals surface area contributed by atoms with Gasteiger partial charge in [0.15, 0.2) is 21.3 Å². The molecule has 0 radical (unpaired) electrons. The standard InChI is InChI=1S/C14H15NO5S/c16-14(15-11-5-6-21(17,18)8-11)4-2-10-1-3-12-13(7-10)20-9-19-12/h1-4,7,11H,5-6,8-9H2,(H,15,16). The summed E-state index contributed by atoms with van der Waals surface area (Å²) in [7, 11) is -2.98. The maximum atomic E-state index is 11.8. The number of hydrogen-bond acceptors (Lipinski definition) is 5. The first-order valence-electron chi connectivity index (χ1n) is 6.60. The highest BCUT2D eigenvalue weighted by Crippen LogP contribution is 2.32. The molecule has 21 heavy (non-hydrogen) atoms. The third kappa shape index (κ3) is 3.36. The Balaban J connectivity index is 1.60. The van der Waals surface area contributed by atoms with Gasteiger partial charge in [-0.1, -0.05) is 6.07 Å². The van der Waals surface area contributed by atoms with Crippen molar-refractivity contribution < 1.29 is 22.7 Å². The van der Waals surface area contributed by atoms with Gasteiger partial charge in [0, 0.05) is 12.1 Å². The van der Waals surface area contributed by atoms with Crippen molar-refractivity contribution >= 4 is 21.8 Å². The lowest BCUT2D eigenvalue weighted by atomic mass is 10.2. The van der Waals surface area contributed by atoms with Crippen LogP contribution < -0.4 is 14.8 Å². The molecule has 1 saturated heterocycles. The molecule has 0 aromatic heterocycles. The molecule has 2 heterocycles. The van der Waals surface area contributed by atoms with E-state index in [-0.39, 0.29) is 30.2 Å². The molecule has 112 valence electrons.